The van der Waals surface area contributed by atoms with E-state index in [0.29, 0.717) is 6.42 Å². The highest BCUT2D eigenvalue weighted by Gasteiger charge is 2.44. The summed E-state index contributed by atoms with van der Waals surface area (Å²) in [5, 5.41) is 9.12. The van der Waals surface area contributed by atoms with E-state index in [1.165, 1.54) is 4.90 Å². The van der Waals surface area contributed by atoms with E-state index in [-0.39, 0.29) is 12.0 Å². The van der Waals surface area contributed by atoms with Crippen LogP contribution in [0.15, 0.2) is 0 Å². The van der Waals surface area contributed by atoms with Crippen LogP contribution >= 0.6 is 0 Å². The van der Waals surface area contributed by atoms with Gasteiger partial charge >= 0.3 is 12.1 Å². The number of rotatable bonds is 1. The predicted molar refractivity (Wildman–Crippen MR) is 62.7 cm³/mol. The second-order valence-electron chi connectivity index (χ2n) is 5.70. The van der Waals surface area contributed by atoms with Gasteiger partial charge in [-0.2, -0.15) is 0 Å². The van der Waals surface area contributed by atoms with E-state index in [2.05, 4.69) is 0 Å². The molecule has 0 aromatic carbocycles. The number of hydrogen-bond donors (Lipinski definition) is 1. The molecule has 0 aromatic heterocycles. The first-order valence-electron chi connectivity index (χ1n) is 5.87. The van der Waals surface area contributed by atoms with E-state index < -0.39 is 23.7 Å². The van der Waals surface area contributed by atoms with Crippen LogP contribution < -0.4 is 0 Å². The summed E-state index contributed by atoms with van der Waals surface area (Å²) in [5.74, 6) is -0.796. The fourth-order valence-electron chi connectivity index (χ4n) is 2.05. The number of nitrogens with zero attached hydrogens (tertiary/aromatic N) is 1. The summed E-state index contributed by atoms with van der Waals surface area (Å²) in [7, 11) is 0. The molecule has 5 heteroatoms. The topological polar surface area (TPSA) is 66.8 Å². The Morgan fingerprint density at radius 2 is 1.82 bits per heavy atom. The molecule has 1 heterocycles. The van der Waals surface area contributed by atoms with Crippen LogP contribution in [0, 0.1) is 5.92 Å². The highest BCUT2D eigenvalue weighted by molar-refractivity contribution is 5.81. The van der Waals surface area contributed by atoms with E-state index in [4.69, 9.17) is 9.84 Å². The second kappa shape index (κ2) is 4.55. The Labute approximate surface area is 102 Å². The molecule has 1 aliphatic heterocycles. The molecule has 1 rings (SSSR count). The van der Waals surface area contributed by atoms with Gasteiger partial charge in [-0.05, 0) is 40.0 Å². The van der Waals surface area contributed by atoms with Crippen LogP contribution in [0.4, 0.5) is 4.79 Å². The monoisotopic (exact) mass is 243 g/mol. The van der Waals surface area contributed by atoms with Gasteiger partial charge in [-0.15, -0.1) is 0 Å². The van der Waals surface area contributed by atoms with Crippen molar-refractivity contribution < 1.29 is 19.4 Å². The van der Waals surface area contributed by atoms with E-state index in [1.54, 1.807) is 20.8 Å². The van der Waals surface area contributed by atoms with Crippen molar-refractivity contribution in [2.45, 2.75) is 58.7 Å². The number of carboxylic acid groups (broad SMARTS) is 1. The highest BCUT2D eigenvalue weighted by atomic mass is 16.6. The smallest absolute Gasteiger partial charge is 0.411 e. The molecule has 0 unspecified atom stereocenters. The van der Waals surface area contributed by atoms with Crippen LogP contribution in [-0.2, 0) is 9.53 Å². The molecule has 5 nitrogen and oxygen atoms in total. The Morgan fingerprint density at radius 1 is 1.29 bits per heavy atom. The molecular weight excluding hydrogens is 222 g/mol. The lowest BCUT2D eigenvalue weighted by Crippen LogP contribution is -2.46. The number of carboxylic acids is 1. The number of carbonyl (C=O) groups excluding carboxylic acids is 1. The summed E-state index contributed by atoms with van der Waals surface area (Å²) in [6, 6.07) is -0.874. The lowest BCUT2D eigenvalue weighted by molar-refractivity contribution is -0.142. The Bertz CT molecular complexity index is 321. The largest absolute Gasteiger partial charge is 0.480 e. The minimum absolute atomic E-state index is 0.106. The standard InChI is InChI=1S/C12H21NO4/c1-7-6-9(10(14)15)13(8(7)2)11(16)17-12(3,4)5/h7-9H,6H2,1-5H3,(H,14,15)/t7-,8-,9-/m1/s1. The molecule has 1 saturated heterocycles. The number of amides is 1. The lowest BCUT2D eigenvalue weighted by Gasteiger charge is -2.30. The molecule has 98 valence electrons. The molecule has 1 amide bonds. The summed E-state index contributed by atoms with van der Waals surface area (Å²) in [6.45, 7) is 9.11. The summed E-state index contributed by atoms with van der Waals surface area (Å²) in [6.07, 6.45) is -0.0582. The molecule has 0 saturated carbocycles. The quantitative estimate of drug-likeness (QED) is 0.766. The fraction of sp³-hybridized carbons (Fsp3) is 0.833. The highest BCUT2D eigenvalue weighted by Crippen LogP contribution is 2.31. The van der Waals surface area contributed by atoms with Crippen molar-refractivity contribution in [2.24, 2.45) is 5.92 Å². The lowest BCUT2D eigenvalue weighted by atomic mass is 10.0. The Balaban J connectivity index is 2.85. The third kappa shape index (κ3) is 3.11. The molecule has 0 radical (unpaired) electrons. The Hall–Kier alpha value is -1.26. The minimum Gasteiger partial charge on any atom is -0.480 e. The third-order valence-electron chi connectivity index (χ3n) is 3.08. The first-order valence-corrected chi connectivity index (χ1v) is 5.87. The van der Waals surface area contributed by atoms with Gasteiger partial charge in [0.2, 0.25) is 0 Å². The Kier molecular flexibility index (Phi) is 3.69. The molecular formula is C12H21NO4. The first kappa shape index (κ1) is 13.8. The van der Waals surface area contributed by atoms with E-state index in [1.807, 2.05) is 13.8 Å². The van der Waals surface area contributed by atoms with Gasteiger partial charge in [-0.3, -0.25) is 4.90 Å². The zero-order chi connectivity index (χ0) is 13.4. The van der Waals surface area contributed by atoms with Crippen LogP contribution in [0.25, 0.3) is 0 Å². The SMILES string of the molecule is C[C@@H]1C[C@H](C(=O)O)N(C(=O)OC(C)(C)C)[C@@H]1C. The maximum atomic E-state index is 12.0. The average molecular weight is 243 g/mol. The zero-order valence-electron chi connectivity index (χ0n) is 11.1. The fourth-order valence-corrected chi connectivity index (χ4v) is 2.05. The van der Waals surface area contributed by atoms with Gasteiger partial charge < -0.3 is 9.84 Å². The van der Waals surface area contributed by atoms with Crippen LogP contribution in [0.1, 0.15) is 41.0 Å². The molecule has 1 aliphatic rings. The van der Waals surface area contributed by atoms with E-state index >= 15 is 0 Å². The van der Waals surface area contributed by atoms with E-state index in [0.717, 1.165) is 0 Å². The number of likely N-dealkylation sites (tertiary alicyclic amines) is 1. The molecule has 0 spiro atoms. The van der Waals surface area contributed by atoms with Crippen molar-refractivity contribution in [1.29, 1.82) is 0 Å². The summed E-state index contributed by atoms with van der Waals surface area (Å²) in [4.78, 5) is 24.4. The van der Waals surface area contributed by atoms with Crippen molar-refractivity contribution in [2.75, 3.05) is 0 Å². The van der Waals surface area contributed by atoms with Gasteiger partial charge in [-0.1, -0.05) is 6.92 Å². The van der Waals surface area contributed by atoms with Gasteiger partial charge in [-0.25, -0.2) is 9.59 Å². The van der Waals surface area contributed by atoms with Crippen LogP contribution in [-0.4, -0.2) is 39.8 Å². The summed E-state index contributed by atoms with van der Waals surface area (Å²) in [5.41, 5.74) is -0.605. The zero-order valence-corrected chi connectivity index (χ0v) is 11.1. The first-order chi connectivity index (χ1) is 7.63. The van der Waals surface area contributed by atoms with Crippen LogP contribution in [0.2, 0.25) is 0 Å². The molecule has 17 heavy (non-hydrogen) atoms. The minimum atomic E-state index is -0.966. The van der Waals surface area contributed by atoms with E-state index in [9.17, 15) is 9.59 Å². The molecule has 0 aliphatic carbocycles. The summed E-state index contributed by atoms with van der Waals surface area (Å²) < 4.78 is 5.24. The van der Waals surface area contributed by atoms with Crippen molar-refractivity contribution in [3.8, 4) is 0 Å². The number of carbonyl (C=O) groups is 2. The molecule has 1 N–H and O–H groups in total. The van der Waals surface area contributed by atoms with Gasteiger partial charge in [0.15, 0.2) is 0 Å². The van der Waals surface area contributed by atoms with Gasteiger partial charge in [0.25, 0.3) is 0 Å². The number of aliphatic carboxylic acids is 1. The second-order valence-corrected chi connectivity index (χ2v) is 5.70. The van der Waals surface area contributed by atoms with Crippen LogP contribution in [0.5, 0.6) is 0 Å². The molecule has 1 fully saturated rings. The number of ether oxygens (including phenoxy) is 1. The van der Waals surface area contributed by atoms with Crippen LogP contribution in [0.3, 0.4) is 0 Å². The average Bonchev–Trinajstić information content (AvgIpc) is 2.40. The molecule has 3 atom stereocenters. The van der Waals surface area contributed by atoms with Gasteiger partial charge in [0.1, 0.15) is 11.6 Å². The molecule has 0 bridgehead atoms. The van der Waals surface area contributed by atoms with Crippen molar-refractivity contribution in [3.05, 3.63) is 0 Å². The van der Waals surface area contributed by atoms with Crippen molar-refractivity contribution >= 4 is 12.1 Å². The predicted octanol–water partition coefficient (Wildman–Crippen LogP) is 2.10. The normalized spacial score (nSPS) is 29.2. The Morgan fingerprint density at radius 3 is 2.24 bits per heavy atom. The van der Waals surface area contributed by atoms with Gasteiger partial charge in [0, 0.05) is 6.04 Å². The maximum Gasteiger partial charge on any atom is 0.411 e. The van der Waals surface area contributed by atoms with Gasteiger partial charge in [0.05, 0.1) is 0 Å². The summed E-state index contributed by atoms with van der Waals surface area (Å²) >= 11 is 0. The number of hydrogen-bond acceptors (Lipinski definition) is 3. The molecule has 0 aromatic rings. The third-order valence-corrected chi connectivity index (χ3v) is 3.08. The van der Waals surface area contributed by atoms with Crippen molar-refractivity contribution in [3.63, 3.8) is 0 Å². The maximum absolute atomic E-state index is 12.0. The van der Waals surface area contributed by atoms with Crippen molar-refractivity contribution in [1.82, 2.24) is 4.90 Å².